The molecule has 0 atom stereocenters. The van der Waals surface area contributed by atoms with Crippen LogP contribution in [0, 0.1) is 5.92 Å². The second-order valence-corrected chi connectivity index (χ2v) is 7.35. The third-order valence-corrected chi connectivity index (χ3v) is 5.13. The summed E-state index contributed by atoms with van der Waals surface area (Å²) in [6.07, 6.45) is 3.97. The fourth-order valence-electron chi connectivity index (χ4n) is 3.65. The minimum Gasteiger partial charge on any atom is -0.492 e. The van der Waals surface area contributed by atoms with Gasteiger partial charge in [-0.1, -0.05) is 42.5 Å². The molecular formula is C23H29NO2. The lowest BCUT2D eigenvalue weighted by atomic mass is 9.92. The summed E-state index contributed by atoms with van der Waals surface area (Å²) in [5.74, 6) is 1.84. The van der Waals surface area contributed by atoms with Gasteiger partial charge in [0.2, 0.25) is 0 Å². The fraction of sp³-hybridized carbons (Fsp3) is 0.435. The minimum atomic E-state index is 0.322. The summed E-state index contributed by atoms with van der Waals surface area (Å²) in [5, 5.41) is 0. The highest BCUT2D eigenvalue weighted by atomic mass is 16.5. The van der Waals surface area contributed by atoms with Crippen molar-refractivity contribution < 1.29 is 9.53 Å². The third kappa shape index (κ3) is 5.99. The van der Waals surface area contributed by atoms with Crippen LogP contribution in [0.5, 0.6) is 5.75 Å². The monoisotopic (exact) mass is 351 g/mol. The van der Waals surface area contributed by atoms with Gasteiger partial charge in [0.1, 0.15) is 18.1 Å². The SMILES string of the molecule is CC(=O)CC1CCN(CCOc2ccc(Cc3ccccc3)cc2)CC1. The maximum atomic E-state index is 11.2. The Morgan fingerprint density at radius 3 is 2.31 bits per heavy atom. The molecule has 26 heavy (non-hydrogen) atoms. The molecule has 0 aliphatic carbocycles. The Morgan fingerprint density at radius 2 is 1.65 bits per heavy atom. The minimum absolute atomic E-state index is 0.322. The molecule has 1 saturated heterocycles. The number of rotatable bonds is 8. The first kappa shape index (κ1) is 18.7. The van der Waals surface area contributed by atoms with E-state index in [9.17, 15) is 4.79 Å². The van der Waals surface area contributed by atoms with E-state index in [2.05, 4.69) is 53.4 Å². The molecule has 138 valence electrons. The molecule has 0 spiro atoms. The van der Waals surface area contributed by atoms with E-state index in [0.717, 1.165) is 57.7 Å². The van der Waals surface area contributed by atoms with E-state index in [1.807, 2.05) is 6.07 Å². The van der Waals surface area contributed by atoms with Crippen molar-refractivity contribution in [2.45, 2.75) is 32.6 Å². The van der Waals surface area contributed by atoms with Crippen LogP contribution in [0.3, 0.4) is 0 Å². The highest BCUT2D eigenvalue weighted by Gasteiger charge is 2.19. The quantitative estimate of drug-likeness (QED) is 0.708. The molecule has 0 N–H and O–H groups in total. The average Bonchev–Trinajstić information content (AvgIpc) is 2.65. The Bertz CT molecular complexity index is 673. The van der Waals surface area contributed by atoms with Gasteiger partial charge in [0.05, 0.1) is 0 Å². The van der Waals surface area contributed by atoms with Gasteiger partial charge in [-0.3, -0.25) is 4.90 Å². The first-order chi connectivity index (χ1) is 12.7. The van der Waals surface area contributed by atoms with Crippen molar-refractivity contribution in [3.63, 3.8) is 0 Å². The van der Waals surface area contributed by atoms with Gasteiger partial charge in [0, 0.05) is 13.0 Å². The molecular weight excluding hydrogens is 322 g/mol. The molecule has 0 radical (unpaired) electrons. The number of ketones is 1. The predicted molar refractivity (Wildman–Crippen MR) is 106 cm³/mol. The molecule has 0 bridgehead atoms. The lowest BCUT2D eigenvalue weighted by Gasteiger charge is -2.31. The number of Topliss-reactive ketones (excluding diaryl/α,β-unsaturated/α-hetero) is 1. The first-order valence-electron chi connectivity index (χ1n) is 9.66. The number of ether oxygens (including phenoxy) is 1. The molecule has 1 fully saturated rings. The second kappa shape index (κ2) is 9.54. The molecule has 1 heterocycles. The summed E-state index contributed by atoms with van der Waals surface area (Å²) in [6, 6.07) is 19.0. The molecule has 2 aromatic carbocycles. The number of carbonyl (C=O) groups is 1. The molecule has 0 saturated carbocycles. The van der Waals surface area contributed by atoms with Crippen molar-refractivity contribution in [1.29, 1.82) is 0 Å². The molecule has 1 aliphatic rings. The number of hydrogen-bond donors (Lipinski definition) is 0. The van der Waals surface area contributed by atoms with E-state index < -0.39 is 0 Å². The topological polar surface area (TPSA) is 29.5 Å². The van der Waals surface area contributed by atoms with Gasteiger partial charge in [-0.25, -0.2) is 0 Å². The smallest absolute Gasteiger partial charge is 0.130 e. The summed E-state index contributed by atoms with van der Waals surface area (Å²) < 4.78 is 5.91. The van der Waals surface area contributed by atoms with Gasteiger partial charge in [0.25, 0.3) is 0 Å². The van der Waals surface area contributed by atoms with Crippen LogP contribution < -0.4 is 4.74 Å². The van der Waals surface area contributed by atoms with Crippen LogP contribution in [-0.2, 0) is 11.2 Å². The molecule has 0 unspecified atom stereocenters. The van der Waals surface area contributed by atoms with Crippen LogP contribution in [0.2, 0.25) is 0 Å². The van der Waals surface area contributed by atoms with Crippen molar-refractivity contribution >= 4 is 5.78 Å². The predicted octanol–water partition coefficient (Wildman–Crippen LogP) is 4.35. The van der Waals surface area contributed by atoms with E-state index in [4.69, 9.17) is 4.74 Å². The van der Waals surface area contributed by atoms with E-state index in [1.54, 1.807) is 6.92 Å². The van der Waals surface area contributed by atoms with E-state index in [0.29, 0.717) is 11.7 Å². The number of benzene rings is 2. The van der Waals surface area contributed by atoms with Crippen molar-refractivity contribution in [1.82, 2.24) is 4.90 Å². The Morgan fingerprint density at radius 1 is 1.00 bits per heavy atom. The lowest BCUT2D eigenvalue weighted by molar-refractivity contribution is -0.118. The van der Waals surface area contributed by atoms with Crippen LogP contribution in [0.15, 0.2) is 54.6 Å². The van der Waals surface area contributed by atoms with Crippen LogP contribution in [0.4, 0.5) is 0 Å². The van der Waals surface area contributed by atoms with Crippen molar-refractivity contribution in [2.24, 2.45) is 5.92 Å². The normalized spacial score (nSPS) is 15.7. The number of piperidine rings is 1. The van der Waals surface area contributed by atoms with Gasteiger partial charge in [-0.15, -0.1) is 0 Å². The molecule has 3 heteroatoms. The maximum absolute atomic E-state index is 11.2. The van der Waals surface area contributed by atoms with E-state index >= 15 is 0 Å². The zero-order chi connectivity index (χ0) is 18.2. The van der Waals surface area contributed by atoms with Gasteiger partial charge in [-0.05, 0) is 68.5 Å². The van der Waals surface area contributed by atoms with Crippen LogP contribution in [0.25, 0.3) is 0 Å². The van der Waals surface area contributed by atoms with Gasteiger partial charge >= 0.3 is 0 Å². The Balaban J connectivity index is 1.37. The van der Waals surface area contributed by atoms with Crippen LogP contribution >= 0.6 is 0 Å². The molecule has 1 aliphatic heterocycles. The molecule has 2 aromatic rings. The third-order valence-electron chi connectivity index (χ3n) is 5.13. The zero-order valence-corrected chi connectivity index (χ0v) is 15.7. The molecule has 0 aromatic heterocycles. The Hall–Kier alpha value is -2.13. The van der Waals surface area contributed by atoms with Gasteiger partial charge in [0.15, 0.2) is 0 Å². The number of carbonyl (C=O) groups excluding carboxylic acids is 1. The molecule has 0 amide bonds. The standard InChI is InChI=1S/C23H29NO2/c1-19(25)17-22-11-13-24(14-12-22)15-16-26-23-9-7-21(8-10-23)18-20-5-3-2-4-6-20/h2-10,22H,11-18H2,1H3. The summed E-state index contributed by atoms with van der Waals surface area (Å²) >= 11 is 0. The summed E-state index contributed by atoms with van der Waals surface area (Å²) in [5.41, 5.74) is 2.63. The summed E-state index contributed by atoms with van der Waals surface area (Å²) in [4.78, 5) is 13.7. The maximum Gasteiger partial charge on any atom is 0.130 e. The highest BCUT2D eigenvalue weighted by Crippen LogP contribution is 2.21. The van der Waals surface area contributed by atoms with E-state index in [-0.39, 0.29) is 0 Å². The van der Waals surface area contributed by atoms with Gasteiger partial charge in [-0.2, -0.15) is 0 Å². The van der Waals surface area contributed by atoms with E-state index in [1.165, 1.54) is 11.1 Å². The fourth-order valence-corrected chi connectivity index (χ4v) is 3.65. The Kier molecular flexibility index (Phi) is 6.84. The Labute approximate surface area is 157 Å². The largest absolute Gasteiger partial charge is 0.492 e. The number of hydrogen-bond acceptors (Lipinski definition) is 3. The van der Waals surface area contributed by atoms with Gasteiger partial charge < -0.3 is 9.53 Å². The summed E-state index contributed by atoms with van der Waals surface area (Å²) in [7, 11) is 0. The number of nitrogens with zero attached hydrogens (tertiary/aromatic N) is 1. The highest BCUT2D eigenvalue weighted by molar-refractivity contribution is 5.75. The van der Waals surface area contributed by atoms with Crippen molar-refractivity contribution in [3.05, 3.63) is 65.7 Å². The van der Waals surface area contributed by atoms with Crippen molar-refractivity contribution in [2.75, 3.05) is 26.2 Å². The number of likely N-dealkylation sites (tertiary alicyclic amines) is 1. The molecule has 3 nitrogen and oxygen atoms in total. The lowest BCUT2D eigenvalue weighted by Crippen LogP contribution is -2.36. The van der Waals surface area contributed by atoms with Crippen molar-refractivity contribution in [3.8, 4) is 5.75 Å². The summed E-state index contributed by atoms with van der Waals surface area (Å²) in [6.45, 7) is 5.54. The molecule has 3 rings (SSSR count). The average molecular weight is 351 g/mol. The second-order valence-electron chi connectivity index (χ2n) is 7.35. The zero-order valence-electron chi connectivity index (χ0n) is 15.7. The first-order valence-corrected chi connectivity index (χ1v) is 9.66. The van der Waals surface area contributed by atoms with Crippen LogP contribution in [0.1, 0.15) is 37.3 Å². The van der Waals surface area contributed by atoms with Crippen LogP contribution in [-0.4, -0.2) is 36.9 Å².